The maximum Gasteiger partial charge on any atom is 0.267 e. The summed E-state index contributed by atoms with van der Waals surface area (Å²) in [6.07, 6.45) is 9.03. The third-order valence-electron chi connectivity index (χ3n) is 6.49. The molecule has 2 aromatic heterocycles. The Bertz CT molecular complexity index is 1220. The Balaban J connectivity index is 1.32. The molecule has 0 saturated carbocycles. The quantitative estimate of drug-likeness (QED) is 0.657. The largest absolute Gasteiger partial charge is 0.365 e. The lowest BCUT2D eigenvalue weighted by Crippen LogP contribution is -2.49. The van der Waals surface area contributed by atoms with Crippen LogP contribution in [0, 0.1) is 5.82 Å². The van der Waals surface area contributed by atoms with E-state index in [9.17, 15) is 14.0 Å². The Morgan fingerprint density at radius 1 is 1.03 bits per heavy atom. The Hall–Kier alpha value is -3.62. The van der Waals surface area contributed by atoms with Crippen LogP contribution in [0.4, 0.5) is 10.1 Å². The number of amides is 1. The minimum atomic E-state index is -0.529. The molecule has 5 rings (SSSR count). The second-order valence-corrected chi connectivity index (χ2v) is 8.53. The summed E-state index contributed by atoms with van der Waals surface area (Å²) in [6, 6.07) is 4.65. The number of H-pyrrole nitrogens is 1. The minimum Gasteiger partial charge on any atom is -0.365 e. The van der Waals surface area contributed by atoms with Crippen molar-refractivity contribution in [1.29, 1.82) is 0 Å². The van der Waals surface area contributed by atoms with Crippen LogP contribution < -0.4 is 10.5 Å². The number of anilines is 1. The van der Waals surface area contributed by atoms with Gasteiger partial charge in [0, 0.05) is 38.2 Å². The molecule has 0 bridgehead atoms. The highest BCUT2D eigenvalue weighted by atomic mass is 19.1. The van der Waals surface area contributed by atoms with Gasteiger partial charge in [0.05, 0.1) is 29.3 Å². The van der Waals surface area contributed by atoms with Crippen LogP contribution in [0.3, 0.4) is 0 Å². The molecule has 170 valence electrons. The van der Waals surface area contributed by atoms with Crippen LogP contribution in [0.1, 0.15) is 45.6 Å². The molecule has 0 radical (unpaired) electrons. The van der Waals surface area contributed by atoms with E-state index in [1.165, 1.54) is 12.4 Å². The topological polar surface area (TPSA) is 95.1 Å². The van der Waals surface area contributed by atoms with Crippen molar-refractivity contribution >= 4 is 11.6 Å². The van der Waals surface area contributed by atoms with Crippen molar-refractivity contribution in [2.75, 3.05) is 31.1 Å². The first-order chi connectivity index (χ1) is 16.1. The average molecular weight is 449 g/mol. The Morgan fingerprint density at radius 3 is 2.52 bits per heavy atom. The number of benzene rings is 1. The molecule has 3 aromatic rings. The molecule has 33 heavy (non-hydrogen) atoms. The van der Waals surface area contributed by atoms with Crippen LogP contribution in [0.2, 0.25) is 0 Å². The Kier molecular flexibility index (Phi) is 5.85. The lowest BCUT2D eigenvalue weighted by Gasteiger charge is -2.35. The summed E-state index contributed by atoms with van der Waals surface area (Å²) >= 11 is 0. The van der Waals surface area contributed by atoms with E-state index in [2.05, 4.69) is 25.1 Å². The number of aromatic amines is 1. The predicted molar refractivity (Wildman–Crippen MR) is 121 cm³/mol. The Morgan fingerprint density at radius 2 is 1.76 bits per heavy atom. The van der Waals surface area contributed by atoms with E-state index in [1.807, 2.05) is 0 Å². The number of carbonyl (C=O) groups excluding carboxylic acids is 1. The number of carbonyl (C=O) groups is 1. The molecule has 8 nitrogen and oxygen atoms in total. The van der Waals surface area contributed by atoms with Crippen molar-refractivity contribution in [3.05, 3.63) is 81.0 Å². The third-order valence-corrected chi connectivity index (χ3v) is 6.49. The molecule has 9 heteroatoms. The summed E-state index contributed by atoms with van der Waals surface area (Å²) in [4.78, 5) is 37.1. The monoisotopic (exact) mass is 448 g/mol. The number of fused-ring (bicyclic) bond motifs is 1. The second kappa shape index (κ2) is 9.09. The molecule has 1 aliphatic heterocycles. The number of piperazine rings is 1. The molecule has 1 aliphatic carbocycles. The summed E-state index contributed by atoms with van der Waals surface area (Å²) in [7, 11) is 0. The number of nitrogens with one attached hydrogen (secondary N) is 1. The zero-order valence-electron chi connectivity index (χ0n) is 18.3. The molecule has 0 spiro atoms. The van der Waals surface area contributed by atoms with Crippen LogP contribution in [-0.2, 0) is 19.3 Å². The fourth-order valence-corrected chi connectivity index (χ4v) is 4.71. The van der Waals surface area contributed by atoms with Gasteiger partial charge in [-0.05, 0) is 48.9 Å². The third kappa shape index (κ3) is 4.35. The number of hydrogen-bond donors (Lipinski definition) is 1. The standard InChI is InChI=1S/C24H25FN6O2/c25-21-6-5-16(12-22-18-3-1-2-4-19(18)23(32)29-28-22)11-20(21)24(33)31-9-7-30(8-10-31)17-13-26-15-27-14-17/h5-6,11,13-15H,1-4,7-10,12H2,(H,29,32). The molecule has 1 N–H and O–H groups in total. The predicted octanol–water partition coefficient (Wildman–Crippen LogP) is 2.13. The molecule has 1 amide bonds. The fourth-order valence-electron chi connectivity index (χ4n) is 4.71. The van der Waals surface area contributed by atoms with Crippen molar-refractivity contribution in [3.63, 3.8) is 0 Å². The number of nitrogens with zero attached hydrogens (tertiary/aromatic N) is 5. The maximum absolute atomic E-state index is 14.6. The normalized spacial score (nSPS) is 15.9. The molecular weight excluding hydrogens is 423 g/mol. The SMILES string of the molecule is O=C(c1cc(Cc2n[nH]c(=O)c3c2CCCC3)ccc1F)N1CCN(c2cncnc2)CC1. The van der Waals surface area contributed by atoms with Crippen molar-refractivity contribution < 1.29 is 9.18 Å². The van der Waals surface area contributed by atoms with E-state index in [1.54, 1.807) is 29.4 Å². The lowest BCUT2D eigenvalue weighted by atomic mass is 9.90. The minimum absolute atomic E-state index is 0.0716. The van der Waals surface area contributed by atoms with Gasteiger partial charge in [0.15, 0.2) is 0 Å². The maximum atomic E-state index is 14.6. The molecule has 1 fully saturated rings. The molecule has 0 unspecified atom stereocenters. The van der Waals surface area contributed by atoms with Gasteiger partial charge in [-0.25, -0.2) is 19.5 Å². The van der Waals surface area contributed by atoms with Gasteiger partial charge in [-0.1, -0.05) is 6.07 Å². The van der Waals surface area contributed by atoms with E-state index < -0.39 is 5.82 Å². The first kappa shape index (κ1) is 21.2. The van der Waals surface area contributed by atoms with Gasteiger partial charge in [-0.2, -0.15) is 5.10 Å². The molecule has 1 saturated heterocycles. The number of hydrogen-bond acceptors (Lipinski definition) is 6. The van der Waals surface area contributed by atoms with Crippen LogP contribution in [0.15, 0.2) is 41.7 Å². The van der Waals surface area contributed by atoms with Gasteiger partial charge >= 0.3 is 0 Å². The Labute approximate surface area is 190 Å². The van der Waals surface area contributed by atoms with Gasteiger partial charge in [0.2, 0.25) is 0 Å². The zero-order chi connectivity index (χ0) is 22.8. The van der Waals surface area contributed by atoms with Crippen LogP contribution in [-0.4, -0.2) is 57.2 Å². The van der Waals surface area contributed by atoms with Crippen molar-refractivity contribution in [2.24, 2.45) is 0 Å². The smallest absolute Gasteiger partial charge is 0.267 e. The van der Waals surface area contributed by atoms with E-state index in [0.717, 1.165) is 53.8 Å². The van der Waals surface area contributed by atoms with Crippen molar-refractivity contribution in [3.8, 4) is 0 Å². The summed E-state index contributed by atoms with van der Waals surface area (Å²) in [5.74, 6) is -0.839. The van der Waals surface area contributed by atoms with E-state index in [4.69, 9.17) is 0 Å². The summed E-state index contributed by atoms with van der Waals surface area (Å²) in [5.41, 5.74) is 4.27. The highest BCUT2D eigenvalue weighted by Crippen LogP contribution is 2.23. The highest BCUT2D eigenvalue weighted by Gasteiger charge is 2.25. The number of rotatable bonds is 4. The first-order valence-corrected chi connectivity index (χ1v) is 11.3. The van der Waals surface area contributed by atoms with Crippen molar-refractivity contribution in [1.82, 2.24) is 25.1 Å². The van der Waals surface area contributed by atoms with E-state index in [0.29, 0.717) is 32.6 Å². The molecule has 1 aromatic carbocycles. The van der Waals surface area contributed by atoms with Gasteiger partial charge in [0.25, 0.3) is 11.5 Å². The molecule has 2 aliphatic rings. The molecular formula is C24H25FN6O2. The lowest BCUT2D eigenvalue weighted by molar-refractivity contribution is 0.0742. The summed E-state index contributed by atoms with van der Waals surface area (Å²) in [5, 5.41) is 6.87. The van der Waals surface area contributed by atoms with Crippen LogP contribution in [0.5, 0.6) is 0 Å². The van der Waals surface area contributed by atoms with Crippen molar-refractivity contribution in [2.45, 2.75) is 32.1 Å². The van der Waals surface area contributed by atoms with E-state index in [-0.39, 0.29) is 17.0 Å². The first-order valence-electron chi connectivity index (χ1n) is 11.3. The summed E-state index contributed by atoms with van der Waals surface area (Å²) < 4.78 is 14.6. The van der Waals surface area contributed by atoms with Gasteiger partial charge in [-0.3, -0.25) is 9.59 Å². The van der Waals surface area contributed by atoms with Gasteiger partial charge in [-0.15, -0.1) is 0 Å². The average Bonchev–Trinajstić information content (AvgIpc) is 2.87. The van der Waals surface area contributed by atoms with Crippen LogP contribution in [0.25, 0.3) is 0 Å². The fraction of sp³-hybridized carbons (Fsp3) is 0.375. The van der Waals surface area contributed by atoms with Gasteiger partial charge in [0.1, 0.15) is 12.1 Å². The van der Waals surface area contributed by atoms with Crippen LogP contribution >= 0.6 is 0 Å². The molecule has 0 atom stereocenters. The van der Waals surface area contributed by atoms with E-state index >= 15 is 0 Å². The second-order valence-electron chi connectivity index (χ2n) is 8.53. The number of halogens is 1. The number of aromatic nitrogens is 4. The highest BCUT2D eigenvalue weighted by molar-refractivity contribution is 5.95. The summed E-state index contributed by atoms with van der Waals surface area (Å²) in [6.45, 7) is 2.25. The van der Waals surface area contributed by atoms with Gasteiger partial charge < -0.3 is 9.80 Å². The molecule has 3 heterocycles. The zero-order valence-corrected chi connectivity index (χ0v) is 18.3.